The Bertz CT molecular complexity index is 623. The summed E-state index contributed by atoms with van der Waals surface area (Å²) in [7, 11) is 1.51. The van der Waals surface area contributed by atoms with Gasteiger partial charge in [-0.1, -0.05) is 6.07 Å². The van der Waals surface area contributed by atoms with Crippen LogP contribution in [-0.2, 0) is 4.79 Å². The predicted molar refractivity (Wildman–Crippen MR) is 79.6 cm³/mol. The molecule has 0 bridgehead atoms. The summed E-state index contributed by atoms with van der Waals surface area (Å²) in [5.74, 6) is 0.136. The van der Waals surface area contributed by atoms with E-state index >= 15 is 0 Å². The standard InChI is InChI=1S/C14H14N2O3S/c1-9(17)15-11-6-5-10(8-12(11)19-2)16-14(18)13-4-3-7-20-13/h3-8H,1-2H3,(H,15,17)(H,16,18). The average molecular weight is 290 g/mol. The van der Waals surface area contributed by atoms with Crippen molar-refractivity contribution in [3.8, 4) is 5.75 Å². The molecule has 2 amide bonds. The number of carbonyl (C=O) groups is 2. The molecular formula is C14H14N2O3S. The van der Waals surface area contributed by atoms with Crippen molar-refractivity contribution >= 4 is 34.5 Å². The van der Waals surface area contributed by atoms with E-state index in [2.05, 4.69) is 10.6 Å². The summed E-state index contributed by atoms with van der Waals surface area (Å²) < 4.78 is 5.20. The van der Waals surface area contributed by atoms with Gasteiger partial charge in [-0.05, 0) is 23.6 Å². The number of rotatable bonds is 4. The van der Waals surface area contributed by atoms with Crippen LogP contribution in [0.15, 0.2) is 35.7 Å². The molecule has 2 aromatic rings. The lowest BCUT2D eigenvalue weighted by molar-refractivity contribution is -0.114. The van der Waals surface area contributed by atoms with Crippen molar-refractivity contribution in [1.82, 2.24) is 0 Å². The molecule has 0 atom stereocenters. The number of benzene rings is 1. The van der Waals surface area contributed by atoms with Crippen molar-refractivity contribution in [2.45, 2.75) is 6.92 Å². The van der Waals surface area contributed by atoms with Gasteiger partial charge < -0.3 is 15.4 Å². The zero-order valence-corrected chi connectivity index (χ0v) is 11.9. The summed E-state index contributed by atoms with van der Waals surface area (Å²) in [6.07, 6.45) is 0. The second kappa shape index (κ2) is 6.21. The Morgan fingerprint density at radius 2 is 2.00 bits per heavy atom. The van der Waals surface area contributed by atoms with Crippen LogP contribution in [0.2, 0.25) is 0 Å². The van der Waals surface area contributed by atoms with Gasteiger partial charge in [-0.25, -0.2) is 0 Å². The van der Waals surface area contributed by atoms with Gasteiger partial charge in [-0.2, -0.15) is 0 Å². The summed E-state index contributed by atoms with van der Waals surface area (Å²) in [6, 6.07) is 8.63. The van der Waals surface area contributed by atoms with E-state index in [0.29, 0.717) is 22.0 Å². The van der Waals surface area contributed by atoms with Gasteiger partial charge in [-0.15, -0.1) is 11.3 Å². The lowest BCUT2D eigenvalue weighted by Crippen LogP contribution is -2.11. The molecule has 2 rings (SSSR count). The molecule has 0 saturated carbocycles. The van der Waals surface area contributed by atoms with Crippen LogP contribution in [0.1, 0.15) is 16.6 Å². The quantitative estimate of drug-likeness (QED) is 0.909. The fourth-order valence-corrected chi connectivity index (χ4v) is 2.28. The Morgan fingerprint density at radius 3 is 2.60 bits per heavy atom. The number of methoxy groups -OCH3 is 1. The monoisotopic (exact) mass is 290 g/mol. The highest BCUT2D eigenvalue weighted by Gasteiger charge is 2.10. The molecule has 0 radical (unpaired) electrons. The number of amides is 2. The summed E-state index contributed by atoms with van der Waals surface area (Å²) in [6.45, 7) is 1.42. The Hall–Kier alpha value is -2.34. The predicted octanol–water partition coefficient (Wildman–Crippen LogP) is 2.97. The summed E-state index contributed by atoms with van der Waals surface area (Å²) in [5.41, 5.74) is 1.17. The topological polar surface area (TPSA) is 67.4 Å². The first-order valence-electron chi connectivity index (χ1n) is 5.90. The van der Waals surface area contributed by atoms with E-state index in [9.17, 15) is 9.59 Å². The number of anilines is 2. The van der Waals surface area contributed by atoms with E-state index in [4.69, 9.17) is 4.74 Å². The smallest absolute Gasteiger partial charge is 0.265 e. The number of hydrogen-bond acceptors (Lipinski definition) is 4. The molecule has 0 fully saturated rings. The van der Waals surface area contributed by atoms with Crippen molar-refractivity contribution in [3.63, 3.8) is 0 Å². The second-order valence-corrected chi connectivity index (χ2v) is 4.98. The zero-order chi connectivity index (χ0) is 14.5. The molecule has 0 spiro atoms. The van der Waals surface area contributed by atoms with Crippen molar-refractivity contribution in [1.29, 1.82) is 0 Å². The fraction of sp³-hybridized carbons (Fsp3) is 0.143. The molecule has 0 aliphatic heterocycles. The molecule has 2 N–H and O–H groups in total. The SMILES string of the molecule is COc1cc(NC(=O)c2cccs2)ccc1NC(C)=O. The third-order valence-corrected chi connectivity index (χ3v) is 3.38. The molecule has 0 aliphatic rings. The van der Waals surface area contributed by atoms with Crippen LogP contribution in [0.3, 0.4) is 0 Å². The van der Waals surface area contributed by atoms with E-state index in [1.54, 1.807) is 24.3 Å². The van der Waals surface area contributed by atoms with Gasteiger partial charge in [0, 0.05) is 18.7 Å². The highest BCUT2D eigenvalue weighted by atomic mass is 32.1. The number of ether oxygens (including phenoxy) is 1. The van der Waals surface area contributed by atoms with Crippen LogP contribution in [0.5, 0.6) is 5.75 Å². The Kier molecular flexibility index (Phi) is 4.37. The molecule has 0 aliphatic carbocycles. The number of carbonyl (C=O) groups excluding carboxylic acids is 2. The third-order valence-electron chi connectivity index (χ3n) is 2.52. The van der Waals surface area contributed by atoms with Gasteiger partial charge in [0.1, 0.15) is 5.75 Å². The van der Waals surface area contributed by atoms with Crippen LogP contribution >= 0.6 is 11.3 Å². The van der Waals surface area contributed by atoms with Gasteiger partial charge in [0.15, 0.2) is 0 Å². The van der Waals surface area contributed by atoms with E-state index in [0.717, 1.165) is 0 Å². The molecule has 1 heterocycles. The van der Waals surface area contributed by atoms with Gasteiger partial charge >= 0.3 is 0 Å². The first-order valence-corrected chi connectivity index (χ1v) is 6.78. The lowest BCUT2D eigenvalue weighted by atomic mass is 10.2. The minimum atomic E-state index is -0.182. The van der Waals surface area contributed by atoms with E-state index in [1.807, 2.05) is 11.4 Å². The van der Waals surface area contributed by atoms with E-state index < -0.39 is 0 Å². The molecule has 1 aromatic carbocycles. The van der Waals surface area contributed by atoms with Crippen LogP contribution in [-0.4, -0.2) is 18.9 Å². The maximum atomic E-state index is 11.9. The Balaban J connectivity index is 2.17. The van der Waals surface area contributed by atoms with Gasteiger partial charge in [0.05, 0.1) is 17.7 Å². The summed E-state index contributed by atoms with van der Waals surface area (Å²) in [5, 5.41) is 7.28. The third kappa shape index (κ3) is 3.36. The van der Waals surface area contributed by atoms with Gasteiger partial charge in [-0.3, -0.25) is 9.59 Å². The van der Waals surface area contributed by atoms with Gasteiger partial charge in [0.25, 0.3) is 5.91 Å². The summed E-state index contributed by atoms with van der Waals surface area (Å²) in [4.78, 5) is 23.6. The van der Waals surface area contributed by atoms with Crippen LogP contribution < -0.4 is 15.4 Å². The fourth-order valence-electron chi connectivity index (χ4n) is 1.66. The van der Waals surface area contributed by atoms with Crippen molar-refractivity contribution in [2.24, 2.45) is 0 Å². The number of hydrogen-bond donors (Lipinski definition) is 2. The zero-order valence-electron chi connectivity index (χ0n) is 11.1. The molecule has 1 aromatic heterocycles. The number of thiophene rings is 1. The van der Waals surface area contributed by atoms with E-state index in [1.165, 1.54) is 25.4 Å². The molecule has 5 nitrogen and oxygen atoms in total. The maximum Gasteiger partial charge on any atom is 0.265 e. The molecule has 0 saturated heterocycles. The van der Waals surface area contributed by atoms with Crippen LogP contribution in [0.25, 0.3) is 0 Å². The summed E-state index contributed by atoms with van der Waals surface area (Å²) >= 11 is 1.37. The maximum absolute atomic E-state index is 11.9. The van der Waals surface area contributed by atoms with Crippen molar-refractivity contribution in [2.75, 3.05) is 17.7 Å². The minimum Gasteiger partial charge on any atom is -0.494 e. The number of nitrogens with one attached hydrogen (secondary N) is 2. The van der Waals surface area contributed by atoms with E-state index in [-0.39, 0.29) is 11.8 Å². The van der Waals surface area contributed by atoms with Crippen molar-refractivity contribution in [3.05, 3.63) is 40.6 Å². The molecular weight excluding hydrogens is 276 g/mol. The normalized spacial score (nSPS) is 9.90. The second-order valence-electron chi connectivity index (χ2n) is 4.03. The molecule has 104 valence electrons. The average Bonchev–Trinajstić information content (AvgIpc) is 2.94. The molecule has 20 heavy (non-hydrogen) atoms. The highest BCUT2D eigenvalue weighted by Crippen LogP contribution is 2.28. The highest BCUT2D eigenvalue weighted by molar-refractivity contribution is 7.12. The van der Waals surface area contributed by atoms with Gasteiger partial charge in [0.2, 0.25) is 5.91 Å². The minimum absolute atomic E-state index is 0.172. The van der Waals surface area contributed by atoms with Crippen LogP contribution in [0.4, 0.5) is 11.4 Å². The Morgan fingerprint density at radius 1 is 1.20 bits per heavy atom. The first-order chi connectivity index (χ1) is 9.60. The van der Waals surface area contributed by atoms with Crippen LogP contribution in [0, 0.1) is 0 Å². The largest absolute Gasteiger partial charge is 0.494 e. The lowest BCUT2D eigenvalue weighted by Gasteiger charge is -2.11. The Labute approximate surface area is 120 Å². The molecule has 6 heteroatoms. The van der Waals surface area contributed by atoms with Crippen molar-refractivity contribution < 1.29 is 14.3 Å². The molecule has 0 unspecified atom stereocenters. The first kappa shape index (κ1) is 14.1.